The number of aromatic nitrogens is 1. The Morgan fingerprint density at radius 1 is 0.970 bits per heavy atom. The number of benzene rings is 3. The summed E-state index contributed by atoms with van der Waals surface area (Å²) in [4.78, 5) is 15.0. The molecular weight excluding hydrogens is 406 g/mol. The van der Waals surface area contributed by atoms with E-state index >= 15 is 0 Å². The molecular formula is C29H33N3O. The Morgan fingerprint density at radius 2 is 1.73 bits per heavy atom. The van der Waals surface area contributed by atoms with E-state index in [-0.39, 0.29) is 11.8 Å². The monoisotopic (exact) mass is 439 g/mol. The molecule has 1 amide bonds. The van der Waals surface area contributed by atoms with E-state index in [4.69, 9.17) is 0 Å². The van der Waals surface area contributed by atoms with Gasteiger partial charge in [-0.2, -0.15) is 0 Å². The third kappa shape index (κ3) is 5.71. The van der Waals surface area contributed by atoms with Gasteiger partial charge in [-0.25, -0.2) is 0 Å². The molecule has 4 heteroatoms. The number of para-hydroxylation sites is 1. The van der Waals surface area contributed by atoms with E-state index < -0.39 is 0 Å². The Bertz CT molecular complexity index is 1210. The number of hydrogen-bond acceptors (Lipinski definition) is 2. The Labute approximate surface area is 196 Å². The molecule has 0 saturated carbocycles. The molecule has 170 valence electrons. The molecule has 4 aromatic rings. The highest BCUT2D eigenvalue weighted by Crippen LogP contribution is 2.35. The number of carbonyl (C=O) groups excluding carboxylic acids is 1. The maximum atomic E-state index is 13.0. The average molecular weight is 440 g/mol. The Kier molecular flexibility index (Phi) is 7.26. The molecule has 0 saturated heterocycles. The molecule has 0 aliphatic heterocycles. The van der Waals surface area contributed by atoms with E-state index in [2.05, 4.69) is 101 Å². The average Bonchev–Trinajstić information content (AvgIpc) is 3.16. The second kappa shape index (κ2) is 10.5. The predicted molar refractivity (Wildman–Crippen MR) is 137 cm³/mol. The van der Waals surface area contributed by atoms with Crippen molar-refractivity contribution in [3.8, 4) is 0 Å². The molecule has 0 bridgehead atoms. The van der Waals surface area contributed by atoms with Gasteiger partial charge in [-0.05, 0) is 43.8 Å². The molecule has 0 aliphatic rings. The van der Waals surface area contributed by atoms with Crippen LogP contribution < -0.4 is 5.32 Å². The zero-order chi connectivity index (χ0) is 23.2. The number of aryl methyl sites for hydroxylation is 1. The topological polar surface area (TPSA) is 37.3 Å². The number of carbonyl (C=O) groups is 1. The molecule has 1 aromatic heterocycles. The van der Waals surface area contributed by atoms with Crippen LogP contribution in [0.25, 0.3) is 10.9 Å². The van der Waals surface area contributed by atoms with Gasteiger partial charge in [-0.15, -0.1) is 0 Å². The van der Waals surface area contributed by atoms with Crippen molar-refractivity contribution >= 4 is 16.8 Å². The molecule has 4 nitrogen and oxygen atoms in total. The number of nitrogens with zero attached hydrogens (tertiary/aromatic N) is 2. The van der Waals surface area contributed by atoms with E-state index in [1.54, 1.807) is 0 Å². The van der Waals surface area contributed by atoms with Gasteiger partial charge in [0, 0.05) is 49.1 Å². The van der Waals surface area contributed by atoms with Gasteiger partial charge in [0.2, 0.25) is 5.91 Å². The molecule has 0 fully saturated rings. The SMILES string of the molecule is Cc1cccc(C(CC(=O)NCCN(C)C)c2cn(Cc3ccccc3)c3ccccc23)c1. The summed E-state index contributed by atoms with van der Waals surface area (Å²) in [5, 5.41) is 4.32. The van der Waals surface area contributed by atoms with E-state index in [0.717, 1.165) is 13.1 Å². The van der Waals surface area contributed by atoms with Crippen molar-refractivity contribution in [1.82, 2.24) is 14.8 Å². The molecule has 1 unspecified atom stereocenters. The number of rotatable bonds is 9. The van der Waals surface area contributed by atoms with Crippen LogP contribution in [0.15, 0.2) is 85.1 Å². The van der Waals surface area contributed by atoms with Crippen LogP contribution in [0.2, 0.25) is 0 Å². The van der Waals surface area contributed by atoms with Gasteiger partial charge in [0.15, 0.2) is 0 Å². The van der Waals surface area contributed by atoms with Crippen molar-refractivity contribution < 1.29 is 4.79 Å². The van der Waals surface area contributed by atoms with Crippen LogP contribution >= 0.6 is 0 Å². The molecule has 0 aliphatic carbocycles. The van der Waals surface area contributed by atoms with E-state index in [0.29, 0.717) is 13.0 Å². The number of nitrogens with one attached hydrogen (secondary N) is 1. The quantitative estimate of drug-likeness (QED) is 0.389. The first-order valence-electron chi connectivity index (χ1n) is 11.6. The summed E-state index contributed by atoms with van der Waals surface area (Å²) in [7, 11) is 4.03. The first-order chi connectivity index (χ1) is 16.0. The Balaban J connectivity index is 1.72. The lowest BCUT2D eigenvalue weighted by atomic mass is 9.87. The van der Waals surface area contributed by atoms with Crippen molar-refractivity contribution in [3.05, 3.63) is 107 Å². The maximum Gasteiger partial charge on any atom is 0.220 e. The predicted octanol–water partition coefficient (Wildman–Crippen LogP) is 5.20. The normalized spacial score (nSPS) is 12.2. The zero-order valence-corrected chi connectivity index (χ0v) is 19.8. The highest BCUT2D eigenvalue weighted by atomic mass is 16.1. The number of likely N-dealkylation sites (N-methyl/N-ethyl adjacent to an activating group) is 1. The summed E-state index contributed by atoms with van der Waals surface area (Å²) in [6, 6.07) is 27.6. The lowest BCUT2D eigenvalue weighted by Gasteiger charge is -2.18. The smallest absolute Gasteiger partial charge is 0.220 e. The summed E-state index contributed by atoms with van der Waals surface area (Å²) in [6.07, 6.45) is 2.67. The van der Waals surface area contributed by atoms with Crippen molar-refractivity contribution in [3.63, 3.8) is 0 Å². The molecule has 4 rings (SSSR count). The van der Waals surface area contributed by atoms with Gasteiger partial charge in [-0.3, -0.25) is 4.79 Å². The summed E-state index contributed by atoms with van der Waals surface area (Å²) >= 11 is 0. The van der Waals surface area contributed by atoms with Crippen LogP contribution in [0.3, 0.4) is 0 Å². The number of fused-ring (bicyclic) bond motifs is 1. The third-order valence-electron chi connectivity index (χ3n) is 6.11. The molecule has 1 N–H and O–H groups in total. The van der Waals surface area contributed by atoms with Gasteiger partial charge in [0.05, 0.1) is 0 Å². The molecule has 3 aromatic carbocycles. The fraction of sp³-hybridized carbons (Fsp3) is 0.276. The summed E-state index contributed by atoms with van der Waals surface area (Å²) in [6.45, 7) is 4.40. The first kappa shape index (κ1) is 22.8. The Morgan fingerprint density at radius 3 is 2.48 bits per heavy atom. The van der Waals surface area contributed by atoms with Gasteiger partial charge >= 0.3 is 0 Å². The first-order valence-corrected chi connectivity index (χ1v) is 11.6. The van der Waals surface area contributed by atoms with E-state index in [9.17, 15) is 4.79 Å². The van der Waals surface area contributed by atoms with Crippen LogP contribution in [0.1, 0.15) is 34.6 Å². The number of amides is 1. The molecule has 1 heterocycles. The van der Waals surface area contributed by atoms with Crippen molar-refractivity contribution in [2.75, 3.05) is 27.2 Å². The molecule has 1 atom stereocenters. The fourth-order valence-corrected chi connectivity index (χ4v) is 4.43. The van der Waals surface area contributed by atoms with Gasteiger partial charge in [-0.1, -0.05) is 78.4 Å². The Hall–Kier alpha value is -3.37. The van der Waals surface area contributed by atoms with E-state index in [1.165, 1.54) is 33.2 Å². The van der Waals surface area contributed by atoms with Crippen LogP contribution in [0, 0.1) is 6.92 Å². The van der Waals surface area contributed by atoms with Gasteiger partial charge in [0.25, 0.3) is 0 Å². The zero-order valence-electron chi connectivity index (χ0n) is 19.8. The van der Waals surface area contributed by atoms with Gasteiger partial charge < -0.3 is 14.8 Å². The minimum absolute atomic E-state index is 0.00817. The summed E-state index contributed by atoms with van der Waals surface area (Å²) < 4.78 is 2.31. The maximum absolute atomic E-state index is 13.0. The molecule has 33 heavy (non-hydrogen) atoms. The summed E-state index contributed by atoms with van der Waals surface area (Å²) in [5.41, 5.74) is 6.05. The van der Waals surface area contributed by atoms with Crippen molar-refractivity contribution in [1.29, 1.82) is 0 Å². The summed E-state index contributed by atoms with van der Waals surface area (Å²) in [5.74, 6) is 0.0782. The van der Waals surface area contributed by atoms with Crippen molar-refractivity contribution in [2.45, 2.75) is 25.8 Å². The highest BCUT2D eigenvalue weighted by Gasteiger charge is 2.23. The standard InChI is InChI=1S/C29H33N3O/c1-22-10-9-13-24(18-22)26(19-29(33)30-16-17-31(2)3)27-21-32(20-23-11-5-4-6-12-23)28-15-8-7-14-25(27)28/h4-15,18,21,26H,16-17,19-20H2,1-3H3,(H,30,33). The van der Waals surface area contributed by atoms with Crippen LogP contribution in [0.5, 0.6) is 0 Å². The number of hydrogen-bond donors (Lipinski definition) is 1. The van der Waals surface area contributed by atoms with Crippen LogP contribution in [-0.2, 0) is 11.3 Å². The second-order valence-corrected chi connectivity index (χ2v) is 9.04. The minimum atomic E-state index is -0.00817. The van der Waals surface area contributed by atoms with E-state index in [1.807, 2.05) is 20.2 Å². The third-order valence-corrected chi connectivity index (χ3v) is 6.11. The largest absolute Gasteiger partial charge is 0.355 e. The lowest BCUT2D eigenvalue weighted by Crippen LogP contribution is -2.32. The van der Waals surface area contributed by atoms with Gasteiger partial charge in [0.1, 0.15) is 0 Å². The minimum Gasteiger partial charge on any atom is -0.355 e. The second-order valence-electron chi connectivity index (χ2n) is 9.04. The van der Waals surface area contributed by atoms with Crippen LogP contribution in [-0.4, -0.2) is 42.6 Å². The van der Waals surface area contributed by atoms with Crippen molar-refractivity contribution in [2.24, 2.45) is 0 Å². The lowest BCUT2D eigenvalue weighted by molar-refractivity contribution is -0.121. The fourth-order valence-electron chi connectivity index (χ4n) is 4.43. The molecule has 0 spiro atoms. The molecule has 0 radical (unpaired) electrons. The van der Waals surface area contributed by atoms with Crippen LogP contribution in [0.4, 0.5) is 0 Å². The highest BCUT2D eigenvalue weighted by molar-refractivity contribution is 5.86.